The highest BCUT2D eigenvalue weighted by Gasteiger charge is 2.10. The number of benzene rings is 1. The van der Waals surface area contributed by atoms with E-state index in [-0.39, 0.29) is 0 Å². The zero-order valence-electron chi connectivity index (χ0n) is 11.1. The van der Waals surface area contributed by atoms with Crippen molar-refractivity contribution in [3.63, 3.8) is 0 Å². The topological polar surface area (TPSA) is 42.1 Å². The average Bonchev–Trinajstić information content (AvgIpc) is 2.43. The van der Waals surface area contributed by atoms with E-state index in [2.05, 4.69) is 66.0 Å². The van der Waals surface area contributed by atoms with Gasteiger partial charge in [0.25, 0.3) is 0 Å². The summed E-state index contributed by atoms with van der Waals surface area (Å²) in [7, 11) is 0. The molecule has 0 aliphatic rings. The fourth-order valence-corrected chi connectivity index (χ4v) is 3.12. The Bertz CT molecular complexity index is 546. The summed E-state index contributed by atoms with van der Waals surface area (Å²) in [5.74, 6) is 0. The maximum Gasteiger partial charge on any atom is 0.0686 e. The second kappa shape index (κ2) is 7.88. The van der Waals surface area contributed by atoms with Crippen molar-refractivity contribution in [1.82, 2.24) is 9.88 Å². The summed E-state index contributed by atoms with van der Waals surface area (Å²) in [6, 6.07) is 12.4. The molecule has 0 amide bonds. The van der Waals surface area contributed by atoms with Gasteiger partial charge in [-0.2, -0.15) is 0 Å². The minimum absolute atomic E-state index is 0.640. The summed E-state index contributed by atoms with van der Waals surface area (Å²) in [6.07, 6.45) is 1.82. The van der Waals surface area contributed by atoms with Gasteiger partial charge in [0.05, 0.1) is 5.69 Å². The Hall–Kier alpha value is -0.750. The van der Waals surface area contributed by atoms with E-state index in [1.807, 2.05) is 18.3 Å². The number of hydrogen-bond donors (Lipinski definition) is 1. The van der Waals surface area contributed by atoms with E-state index in [1.165, 1.54) is 5.56 Å². The monoisotopic (exact) mass is 397 g/mol. The lowest BCUT2D eigenvalue weighted by Gasteiger charge is -2.22. The van der Waals surface area contributed by atoms with Gasteiger partial charge in [0.15, 0.2) is 0 Å². The molecule has 0 saturated heterocycles. The average molecular weight is 399 g/mol. The van der Waals surface area contributed by atoms with Crippen LogP contribution in [0.3, 0.4) is 0 Å². The van der Waals surface area contributed by atoms with Crippen molar-refractivity contribution in [3.05, 3.63) is 62.8 Å². The molecule has 0 fully saturated rings. The van der Waals surface area contributed by atoms with Crippen molar-refractivity contribution in [2.24, 2.45) is 5.73 Å². The van der Waals surface area contributed by atoms with Crippen LogP contribution >= 0.6 is 31.9 Å². The molecule has 2 rings (SSSR count). The first kappa shape index (κ1) is 15.6. The van der Waals surface area contributed by atoms with Gasteiger partial charge in [0, 0.05) is 41.3 Å². The molecular formula is C15H17Br2N3. The Kier molecular flexibility index (Phi) is 6.16. The minimum atomic E-state index is 0.640. The van der Waals surface area contributed by atoms with E-state index in [0.29, 0.717) is 6.54 Å². The Morgan fingerprint density at radius 1 is 1.10 bits per heavy atom. The molecule has 1 aromatic heterocycles. The number of nitrogens with zero attached hydrogens (tertiary/aromatic N) is 2. The predicted octanol–water partition coefficient (Wildman–Crippen LogP) is 3.57. The molecule has 0 aliphatic carbocycles. The molecule has 1 heterocycles. The molecule has 0 aliphatic heterocycles. The lowest BCUT2D eigenvalue weighted by atomic mass is 10.2. The highest BCUT2D eigenvalue weighted by Crippen LogP contribution is 2.21. The van der Waals surface area contributed by atoms with E-state index < -0.39 is 0 Å². The molecule has 2 N–H and O–H groups in total. The number of nitrogens with two attached hydrogens (primary N) is 1. The van der Waals surface area contributed by atoms with E-state index in [1.54, 1.807) is 0 Å². The first-order valence-electron chi connectivity index (χ1n) is 6.45. The molecule has 3 nitrogen and oxygen atoms in total. The first-order valence-corrected chi connectivity index (χ1v) is 8.04. The van der Waals surface area contributed by atoms with Crippen LogP contribution in [0.5, 0.6) is 0 Å². The summed E-state index contributed by atoms with van der Waals surface area (Å²) >= 11 is 6.98. The molecule has 20 heavy (non-hydrogen) atoms. The largest absolute Gasteiger partial charge is 0.329 e. The van der Waals surface area contributed by atoms with Crippen molar-refractivity contribution in [2.75, 3.05) is 13.1 Å². The van der Waals surface area contributed by atoms with Crippen LogP contribution in [0.1, 0.15) is 11.3 Å². The fraction of sp³-hybridized carbons (Fsp3) is 0.267. The molecule has 106 valence electrons. The van der Waals surface area contributed by atoms with Gasteiger partial charge in [-0.25, -0.2) is 0 Å². The Morgan fingerprint density at radius 3 is 2.50 bits per heavy atom. The van der Waals surface area contributed by atoms with E-state index in [0.717, 1.165) is 34.3 Å². The standard InChI is InChI=1S/C15H17Br2N3/c16-13-8-14(17)15(19-9-13)11-20(7-6-18)10-12-4-2-1-3-5-12/h1-5,8-9H,6-7,10-11,18H2. The normalized spacial score (nSPS) is 11.0. The number of halogens is 2. The zero-order chi connectivity index (χ0) is 14.4. The summed E-state index contributed by atoms with van der Waals surface area (Å²) in [4.78, 5) is 6.77. The maximum absolute atomic E-state index is 5.72. The van der Waals surface area contributed by atoms with Crippen LogP contribution in [0.2, 0.25) is 0 Å². The second-order valence-corrected chi connectivity index (χ2v) is 6.34. The van der Waals surface area contributed by atoms with E-state index in [4.69, 9.17) is 5.73 Å². The molecule has 0 atom stereocenters. The van der Waals surface area contributed by atoms with Crippen LogP contribution in [0.25, 0.3) is 0 Å². The first-order chi connectivity index (χ1) is 9.69. The smallest absolute Gasteiger partial charge is 0.0686 e. The second-order valence-electron chi connectivity index (χ2n) is 4.57. The number of rotatable bonds is 6. The molecular weight excluding hydrogens is 382 g/mol. The van der Waals surface area contributed by atoms with Gasteiger partial charge in [-0.1, -0.05) is 30.3 Å². The van der Waals surface area contributed by atoms with Crippen LogP contribution in [-0.2, 0) is 13.1 Å². The zero-order valence-corrected chi connectivity index (χ0v) is 14.3. The Labute approximate surface area is 136 Å². The van der Waals surface area contributed by atoms with Crippen LogP contribution in [-0.4, -0.2) is 23.0 Å². The van der Waals surface area contributed by atoms with Crippen LogP contribution in [0.4, 0.5) is 0 Å². The summed E-state index contributed by atoms with van der Waals surface area (Å²) in [6.45, 7) is 3.14. The number of hydrogen-bond acceptors (Lipinski definition) is 3. The SMILES string of the molecule is NCCN(Cc1ccccc1)Cc1ncc(Br)cc1Br. The van der Waals surface area contributed by atoms with Gasteiger partial charge in [-0.05, 0) is 43.5 Å². The summed E-state index contributed by atoms with van der Waals surface area (Å²) < 4.78 is 1.99. The lowest BCUT2D eigenvalue weighted by molar-refractivity contribution is 0.260. The summed E-state index contributed by atoms with van der Waals surface area (Å²) in [5.41, 5.74) is 8.03. The van der Waals surface area contributed by atoms with Crippen molar-refractivity contribution in [3.8, 4) is 0 Å². The quantitative estimate of drug-likeness (QED) is 0.808. The molecule has 0 radical (unpaired) electrons. The molecule has 2 aromatic rings. The van der Waals surface area contributed by atoms with E-state index >= 15 is 0 Å². The third-order valence-electron chi connectivity index (χ3n) is 2.95. The van der Waals surface area contributed by atoms with Gasteiger partial charge in [-0.15, -0.1) is 0 Å². The van der Waals surface area contributed by atoms with Crippen LogP contribution in [0, 0.1) is 0 Å². The molecule has 5 heteroatoms. The lowest BCUT2D eigenvalue weighted by Crippen LogP contribution is -2.29. The van der Waals surface area contributed by atoms with Gasteiger partial charge in [-0.3, -0.25) is 9.88 Å². The third-order valence-corrected chi connectivity index (χ3v) is 4.07. The Morgan fingerprint density at radius 2 is 1.85 bits per heavy atom. The van der Waals surface area contributed by atoms with Crippen molar-refractivity contribution >= 4 is 31.9 Å². The van der Waals surface area contributed by atoms with E-state index in [9.17, 15) is 0 Å². The van der Waals surface area contributed by atoms with Gasteiger partial charge in [0.2, 0.25) is 0 Å². The van der Waals surface area contributed by atoms with Gasteiger partial charge >= 0.3 is 0 Å². The van der Waals surface area contributed by atoms with Crippen molar-refractivity contribution < 1.29 is 0 Å². The van der Waals surface area contributed by atoms with Crippen molar-refractivity contribution in [1.29, 1.82) is 0 Å². The number of aromatic nitrogens is 1. The minimum Gasteiger partial charge on any atom is -0.329 e. The highest BCUT2D eigenvalue weighted by molar-refractivity contribution is 9.11. The molecule has 0 spiro atoms. The molecule has 0 bridgehead atoms. The van der Waals surface area contributed by atoms with Crippen LogP contribution in [0.15, 0.2) is 51.5 Å². The molecule has 1 aromatic carbocycles. The van der Waals surface area contributed by atoms with Gasteiger partial charge in [0.1, 0.15) is 0 Å². The summed E-state index contributed by atoms with van der Waals surface area (Å²) in [5, 5.41) is 0. The Balaban J connectivity index is 2.09. The maximum atomic E-state index is 5.72. The van der Waals surface area contributed by atoms with Crippen molar-refractivity contribution in [2.45, 2.75) is 13.1 Å². The van der Waals surface area contributed by atoms with Gasteiger partial charge < -0.3 is 5.73 Å². The predicted molar refractivity (Wildman–Crippen MR) is 89.2 cm³/mol. The molecule has 0 unspecified atom stereocenters. The fourth-order valence-electron chi connectivity index (χ4n) is 2.01. The number of pyridine rings is 1. The molecule has 0 saturated carbocycles. The highest BCUT2D eigenvalue weighted by atomic mass is 79.9. The third kappa shape index (κ3) is 4.66. The van der Waals surface area contributed by atoms with Crippen LogP contribution < -0.4 is 5.73 Å².